The second-order valence-electron chi connectivity index (χ2n) is 3.95. The van der Waals surface area contributed by atoms with Crippen LogP contribution in [0.5, 0.6) is 0 Å². The molecular weight excluding hydrogens is 294 g/mol. The van der Waals surface area contributed by atoms with E-state index in [4.69, 9.17) is 0 Å². The lowest BCUT2D eigenvalue weighted by atomic mass is 10.2. The molecule has 0 fully saturated rings. The lowest BCUT2D eigenvalue weighted by Gasteiger charge is -2.06. The van der Waals surface area contributed by atoms with Gasteiger partial charge < -0.3 is 0 Å². The van der Waals surface area contributed by atoms with Gasteiger partial charge in [-0.15, -0.1) is 0 Å². The molecule has 24 heavy (non-hydrogen) atoms. The monoisotopic (exact) mass is 325 g/mol. The molecule has 0 amide bonds. The summed E-state index contributed by atoms with van der Waals surface area (Å²) >= 11 is 0. The van der Waals surface area contributed by atoms with Crippen LogP contribution < -0.4 is 0 Å². The minimum atomic E-state index is 0.585. The molecule has 1 aromatic heterocycles. The van der Waals surface area contributed by atoms with Crippen molar-refractivity contribution in [3.05, 3.63) is 79.7 Å². The second kappa shape index (κ2) is 15.3. The van der Waals surface area contributed by atoms with Gasteiger partial charge in [0.05, 0.1) is 0 Å². The van der Waals surface area contributed by atoms with Crippen LogP contribution >= 0.6 is 0 Å². The van der Waals surface area contributed by atoms with Crippen LogP contribution in [0.1, 0.15) is 52.1 Å². The number of aryl methyl sites for hydroxylation is 1. The Kier molecular flexibility index (Phi) is 15.2. The summed E-state index contributed by atoms with van der Waals surface area (Å²) in [4.78, 5) is 13.2. The smallest absolute Gasteiger partial charge is 0.163 e. The molecule has 0 aliphatic carbocycles. The van der Waals surface area contributed by atoms with Crippen molar-refractivity contribution in [3.8, 4) is 0 Å². The second-order valence-corrected chi connectivity index (χ2v) is 3.95. The van der Waals surface area contributed by atoms with E-state index in [9.17, 15) is 0 Å². The quantitative estimate of drug-likeness (QED) is 0.590. The minimum absolute atomic E-state index is 0.585. The lowest BCUT2D eigenvalue weighted by Crippen LogP contribution is -2.03. The molecule has 0 N–H and O–H groups in total. The van der Waals surface area contributed by atoms with Gasteiger partial charge in [-0.05, 0) is 13.8 Å². The molecule has 0 radical (unpaired) electrons. The first kappa shape index (κ1) is 23.7. The van der Waals surface area contributed by atoms with E-state index >= 15 is 0 Å². The third kappa shape index (κ3) is 8.18. The van der Waals surface area contributed by atoms with E-state index in [1.165, 1.54) is 0 Å². The normalized spacial score (nSPS) is 10.9. The Morgan fingerprint density at radius 1 is 0.792 bits per heavy atom. The van der Waals surface area contributed by atoms with Crippen molar-refractivity contribution in [2.24, 2.45) is 0 Å². The summed E-state index contributed by atoms with van der Waals surface area (Å²) in [6, 6.07) is 0. The van der Waals surface area contributed by atoms with E-state index in [1.54, 1.807) is 18.2 Å². The van der Waals surface area contributed by atoms with E-state index in [1.807, 2.05) is 65.8 Å². The summed E-state index contributed by atoms with van der Waals surface area (Å²) in [6.45, 7) is 22.9. The van der Waals surface area contributed by atoms with Gasteiger partial charge in [0.25, 0.3) is 0 Å². The zero-order valence-electron chi connectivity index (χ0n) is 16.0. The van der Waals surface area contributed by atoms with Crippen molar-refractivity contribution in [1.82, 2.24) is 15.0 Å². The van der Waals surface area contributed by atoms with Gasteiger partial charge in [-0.3, -0.25) is 0 Å². The lowest BCUT2D eigenvalue weighted by molar-refractivity contribution is 0.934. The molecule has 0 saturated heterocycles. The van der Waals surface area contributed by atoms with Gasteiger partial charge in [0.2, 0.25) is 0 Å². The first-order valence-corrected chi connectivity index (χ1v) is 8.30. The fraction of sp³-hybridized carbons (Fsp3) is 0.286. The number of aromatic nitrogens is 3. The molecule has 1 heterocycles. The van der Waals surface area contributed by atoms with E-state index in [0.29, 0.717) is 17.5 Å². The molecule has 3 heteroatoms. The summed E-state index contributed by atoms with van der Waals surface area (Å²) < 4.78 is 0. The van der Waals surface area contributed by atoms with Crippen molar-refractivity contribution in [2.45, 2.75) is 41.5 Å². The van der Waals surface area contributed by atoms with Crippen molar-refractivity contribution in [2.75, 3.05) is 0 Å². The SMILES string of the molecule is C=C/C=C(\C=C)c1nc(C)nc(C(/C=C\C)=C/C=C)n1.CC.CC. The maximum absolute atomic E-state index is 4.48. The first-order chi connectivity index (χ1) is 11.7. The Labute approximate surface area is 148 Å². The molecule has 0 aliphatic rings. The van der Waals surface area contributed by atoms with Gasteiger partial charge in [-0.1, -0.05) is 90.0 Å². The maximum Gasteiger partial charge on any atom is 0.163 e. The summed E-state index contributed by atoms with van der Waals surface area (Å²) in [6.07, 6.45) is 12.6. The summed E-state index contributed by atoms with van der Waals surface area (Å²) in [5.74, 6) is 1.85. The number of nitrogens with zero attached hydrogens (tertiary/aromatic N) is 3. The summed E-state index contributed by atoms with van der Waals surface area (Å²) in [7, 11) is 0. The van der Waals surface area contributed by atoms with Crippen LogP contribution in [-0.4, -0.2) is 15.0 Å². The molecule has 0 saturated carbocycles. The standard InChI is InChI=1S/C17H19N3.2C2H6/c1-6-10-14(9-4)16-18-13(5)19-17(20-16)15(11-7-2)12-8-3;2*1-2/h6-12H,1-2,4H2,3,5H3;2*1-2H3/b12-8-,14-10+,15-11+;;. The van der Waals surface area contributed by atoms with Crippen molar-refractivity contribution >= 4 is 11.1 Å². The molecule has 0 bridgehead atoms. The average Bonchev–Trinajstić information content (AvgIpc) is 2.62. The van der Waals surface area contributed by atoms with Crippen LogP contribution in [0.4, 0.5) is 0 Å². The molecular formula is C21H31N3. The Bertz CT molecular complexity index is 606. The zero-order valence-corrected chi connectivity index (χ0v) is 16.0. The predicted octanol–water partition coefficient (Wildman–Crippen LogP) is 6.13. The highest BCUT2D eigenvalue weighted by atomic mass is 15.0. The number of hydrogen-bond donors (Lipinski definition) is 0. The van der Waals surface area contributed by atoms with Crippen LogP contribution in [0.25, 0.3) is 11.1 Å². The molecule has 0 atom stereocenters. The van der Waals surface area contributed by atoms with Gasteiger partial charge in [-0.25, -0.2) is 15.0 Å². The van der Waals surface area contributed by atoms with Crippen LogP contribution in [0.15, 0.2) is 62.3 Å². The van der Waals surface area contributed by atoms with Crippen molar-refractivity contribution < 1.29 is 0 Å². The fourth-order valence-corrected chi connectivity index (χ4v) is 1.61. The average molecular weight is 326 g/mol. The minimum Gasteiger partial charge on any atom is -0.213 e. The molecule has 3 nitrogen and oxygen atoms in total. The summed E-state index contributed by atoms with van der Waals surface area (Å²) in [5, 5.41) is 0. The van der Waals surface area contributed by atoms with E-state index in [0.717, 1.165) is 11.1 Å². The number of allylic oxidation sites excluding steroid dienone is 9. The van der Waals surface area contributed by atoms with Crippen molar-refractivity contribution in [3.63, 3.8) is 0 Å². The first-order valence-electron chi connectivity index (χ1n) is 8.30. The van der Waals surface area contributed by atoms with Crippen LogP contribution in [-0.2, 0) is 0 Å². The number of rotatable bonds is 6. The zero-order chi connectivity index (χ0) is 19.0. The molecule has 1 rings (SSSR count). The van der Waals surface area contributed by atoms with E-state index in [2.05, 4.69) is 34.7 Å². The molecule has 0 spiro atoms. The summed E-state index contributed by atoms with van der Waals surface area (Å²) in [5.41, 5.74) is 1.70. The van der Waals surface area contributed by atoms with E-state index < -0.39 is 0 Å². The van der Waals surface area contributed by atoms with Gasteiger partial charge in [0.1, 0.15) is 5.82 Å². The van der Waals surface area contributed by atoms with Crippen molar-refractivity contribution in [1.29, 1.82) is 0 Å². The largest absolute Gasteiger partial charge is 0.213 e. The van der Waals surface area contributed by atoms with Crippen LogP contribution in [0.3, 0.4) is 0 Å². The Morgan fingerprint density at radius 3 is 1.67 bits per heavy atom. The van der Waals surface area contributed by atoms with Gasteiger partial charge in [0.15, 0.2) is 11.6 Å². The van der Waals surface area contributed by atoms with Gasteiger partial charge in [0, 0.05) is 11.1 Å². The highest BCUT2D eigenvalue weighted by molar-refractivity contribution is 5.74. The van der Waals surface area contributed by atoms with Crippen LogP contribution in [0.2, 0.25) is 0 Å². The molecule has 130 valence electrons. The molecule has 0 aromatic carbocycles. The predicted molar refractivity (Wildman–Crippen MR) is 109 cm³/mol. The maximum atomic E-state index is 4.48. The Morgan fingerprint density at radius 2 is 1.25 bits per heavy atom. The van der Waals surface area contributed by atoms with E-state index in [-0.39, 0.29) is 0 Å². The number of hydrogen-bond acceptors (Lipinski definition) is 3. The Balaban J connectivity index is 0. The topological polar surface area (TPSA) is 38.7 Å². The fourth-order valence-electron chi connectivity index (χ4n) is 1.61. The molecule has 1 aromatic rings. The van der Waals surface area contributed by atoms with Gasteiger partial charge in [-0.2, -0.15) is 0 Å². The van der Waals surface area contributed by atoms with Gasteiger partial charge >= 0.3 is 0 Å². The molecule has 0 unspecified atom stereocenters. The third-order valence-corrected chi connectivity index (χ3v) is 2.42. The highest BCUT2D eigenvalue weighted by Gasteiger charge is 2.08. The molecule has 0 aliphatic heterocycles. The van der Waals surface area contributed by atoms with Crippen LogP contribution in [0, 0.1) is 6.92 Å². The Hall–Kier alpha value is -2.55. The highest BCUT2D eigenvalue weighted by Crippen LogP contribution is 2.16. The third-order valence-electron chi connectivity index (χ3n) is 2.42.